The maximum absolute atomic E-state index is 10.5. The lowest BCUT2D eigenvalue weighted by Gasteiger charge is -2.04. The summed E-state index contributed by atoms with van der Waals surface area (Å²) in [5, 5.41) is 19.0. The molecule has 0 fully saturated rings. The molecule has 2 rings (SSSR count). The second-order valence-corrected chi connectivity index (χ2v) is 3.34. The molecule has 6 heteroatoms. The highest BCUT2D eigenvalue weighted by molar-refractivity contribution is 5.38. The van der Waals surface area contributed by atoms with E-state index in [0.717, 1.165) is 0 Å². The van der Waals surface area contributed by atoms with Crippen LogP contribution in [0, 0.1) is 21.4 Å². The van der Waals surface area contributed by atoms with Gasteiger partial charge in [-0.05, 0) is 24.3 Å². The fourth-order valence-electron chi connectivity index (χ4n) is 1.28. The van der Waals surface area contributed by atoms with E-state index in [9.17, 15) is 10.1 Å². The summed E-state index contributed by atoms with van der Waals surface area (Å²) in [5.74, 6) is 0.926. The average Bonchev–Trinajstić information content (AvgIpc) is 2.40. The van der Waals surface area contributed by atoms with E-state index in [0.29, 0.717) is 17.2 Å². The maximum Gasteiger partial charge on any atom is 0.269 e. The molecular formula is C12H7N3O3. The number of nitro groups is 1. The van der Waals surface area contributed by atoms with Crippen LogP contribution in [0.5, 0.6) is 11.5 Å². The Morgan fingerprint density at radius 1 is 1.17 bits per heavy atom. The Balaban J connectivity index is 2.13. The number of hydrogen-bond acceptors (Lipinski definition) is 5. The van der Waals surface area contributed by atoms with E-state index in [1.54, 1.807) is 6.07 Å². The monoisotopic (exact) mass is 241 g/mol. The molecule has 1 heterocycles. The van der Waals surface area contributed by atoms with Crippen LogP contribution in [-0.4, -0.2) is 9.91 Å². The SMILES string of the molecule is N#Cc1ccc(Oc2ccc([N+](=O)[O-])cc2)cn1. The summed E-state index contributed by atoms with van der Waals surface area (Å²) in [6.45, 7) is 0. The zero-order valence-corrected chi connectivity index (χ0v) is 9.11. The van der Waals surface area contributed by atoms with Gasteiger partial charge in [-0.15, -0.1) is 0 Å². The summed E-state index contributed by atoms with van der Waals surface area (Å²) in [6.07, 6.45) is 1.42. The molecule has 2 aromatic rings. The molecule has 88 valence electrons. The molecule has 6 nitrogen and oxygen atoms in total. The molecule has 18 heavy (non-hydrogen) atoms. The van der Waals surface area contributed by atoms with Crippen molar-refractivity contribution in [2.24, 2.45) is 0 Å². The van der Waals surface area contributed by atoms with Crippen LogP contribution in [0.25, 0.3) is 0 Å². The molecule has 0 aliphatic rings. The van der Waals surface area contributed by atoms with Crippen LogP contribution in [0.1, 0.15) is 5.69 Å². The summed E-state index contributed by atoms with van der Waals surface area (Å²) in [4.78, 5) is 13.8. The Morgan fingerprint density at radius 2 is 1.83 bits per heavy atom. The van der Waals surface area contributed by atoms with E-state index < -0.39 is 4.92 Å². The van der Waals surface area contributed by atoms with Gasteiger partial charge in [-0.3, -0.25) is 10.1 Å². The molecule has 0 radical (unpaired) electrons. The first-order valence-corrected chi connectivity index (χ1v) is 4.97. The van der Waals surface area contributed by atoms with E-state index in [-0.39, 0.29) is 5.69 Å². The van der Waals surface area contributed by atoms with Gasteiger partial charge in [0, 0.05) is 12.1 Å². The van der Waals surface area contributed by atoms with Crippen molar-refractivity contribution in [1.29, 1.82) is 5.26 Å². The molecule has 0 saturated carbocycles. The van der Waals surface area contributed by atoms with E-state index in [4.69, 9.17) is 10.00 Å². The predicted molar refractivity (Wildman–Crippen MR) is 62.1 cm³/mol. The van der Waals surface area contributed by atoms with Crippen molar-refractivity contribution < 1.29 is 9.66 Å². The second-order valence-electron chi connectivity index (χ2n) is 3.34. The van der Waals surface area contributed by atoms with Crippen molar-refractivity contribution in [2.75, 3.05) is 0 Å². The molecule has 0 saturated heterocycles. The number of benzene rings is 1. The minimum atomic E-state index is -0.479. The van der Waals surface area contributed by atoms with Gasteiger partial charge in [0.1, 0.15) is 23.3 Å². The highest BCUT2D eigenvalue weighted by Crippen LogP contribution is 2.23. The van der Waals surface area contributed by atoms with E-state index in [2.05, 4.69) is 4.98 Å². The molecule has 0 aliphatic carbocycles. The third kappa shape index (κ3) is 2.59. The van der Waals surface area contributed by atoms with Crippen LogP contribution in [0.4, 0.5) is 5.69 Å². The summed E-state index contributed by atoms with van der Waals surface area (Å²) in [5.41, 5.74) is 0.298. The number of nitrogens with zero attached hydrogens (tertiary/aromatic N) is 3. The number of non-ortho nitro benzene ring substituents is 1. The van der Waals surface area contributed by atoms with Gasteiger partial charge >= 0.3 is 0 Å². The third-order valence-corrected chi connectivity index (χ3v) is 2.13. The minimum absolute atomic E-state index is 0.000281. The van der Waals surface area contributed by atoms with Crippen molar-refractivity contribution in [3.8, 4) is 17.6 Å². The first-order valence-electron chi connectivity index (χ1n) is 4.97. The summed E-state index contributed by atoms with van der Waals surface area (Å²) in [7, 11) is 0. The standard InChI is InChI=1S/C12H7N3O3/c13-7-9-1-4-12(8-14-9)18-11-5-2-10(3-6-11)15(16)17/h1-6,8H. The van der Waals surface area contributed by atoms with Gasteiger partial charge < -0.3 is 4.74 Å². The second kappa shape index (κ2) is 4.93. The number of hydrogen-bond donors (Lipinski definition) is 0. The van der Waals surface area contributed by atoms with Gasteiger partial charge in [-0.2, -0.15) is 5.26 Å². The third-order valence-electron chi connectivity index (χ3n) is 2.13. The highest BCUT2D eigenvalue weighted by atomic mass is 16.6. The van der Waals surface area contributed by atoms with E-state index in [1.807, 2.05) is 6.07 Å². The number of aromatic nitrogens is 1. The molecule has 1 aromatic carbocycles. The van der Waals surface area contributed by atoms with Crippen LogP contribution in [0.15, 0.2) is 42.6 Å². The lowest BCUT2D eigenvalue weighted by molar-refractivity contribution is -0.384. The fraction of sp³-hybridized carbons (Fsp3) is 0. The largest absolute Gasteiger partial charge is 0.456 e. The van der Waals surface area contributed by atoms with Gasteiger partial charge in [0.2, 0.25) is 0 Å². The normalized spacial score (nSPS) is 9.50. The number of nitro benzene ring substituents is 1. The zero-order chi connectivity index (χ0) is 13.0. The zero-order valence-electron chi connectivity index (χ0n) is 9.11. The van der Waals surface area contributed by atoms with Crippen molar-refractivity contribution in [1.82, 2.24) is 4.98 Å². The number of nitriles is 1. The van der Waals surface area contributed by atoms with Gasteiger partial charge in [0.25, 0.3) is 5.69 Å². The van der Waals surface area contributed by atoms with Crippen molar-refractivity contribution in [2.45, 2.75) is 0 Å². The quantitative estimate of drug-likeness (QED) is 0.608. The van der Waals surface area contributed by atoms with Gasteiger partial charge in [0.05, 0.1) is 11.1 Å². The van der Waals surface area contributed by atoms with Crippen LogP contribution >= 0.6 is 0 Å². The van der Waals surface area contributed by atoms with Gasteiger partial charge in [-0.25, -0.2) is 4.98 Å². The van der Waals surface area contributed by atoms with Gasteiger partial charge in [-0.1, -0.05) is 0 Å². The average molecular weight is 241 g/mol. The number of pyridine rings is 1. The molecule has 0 unspecified atom stereocenters. The number of rotatable bonds is 3. The first kappa shape index (κ1) is 11.5. The fourth-order valence-corrected chi connectivity index (χ4v) is 1.28. The van der Waals surface area contributed by atoms with Crippen molar-refractivity contribution in [3.05, 3.63) is 58.4 Å². The van der Waals surface area contributed by atoms with Crippen LogP contribution in [0.2, 0.25) is 0 Å². The Morgan fingerprint density at radius 3 is 2.33 bits per heavy atom. The van der Waals surface area contributed by atoms with Crippen LogP contribution in [0.3, 0.4) is 0 Å². The lowest BCUT2D eigenvalue weighted by Crippen LogP contribution is -1.89. The molecule has 0 bridgehead atoms. The van der Waals surface area contributed by atoms with E-state index in [1.165, 1.54) is 36.5 Å². The summed E-state index contributed by atoms with van der Waals surface area (Å²) in [6, 6.07) is 10.7. The van der Waals surface area contributed by atoms with Crippen LogP contribution in [-0.2, 0) is 0 Å². The van der Waals surface area contributed by atoms with Gasteiger partial charge in [0.15, 0.2) is 0 Å². The molecular weight excluding hydrogens is 234 g/mol. The summed E-state index contributed by atoms with van der Waals surface area (Å²) < 4.78 is 5.42. The predicted octanol–water partition coefficient (Wildman–Crippen LogP) is 2.65. The molecule has 0 amide bonds. The smallest absolute Gasteiger partial charge is 0.269 e. The summed E-state index contributed by atoms with van der Waals surface area (Å²) >= 11 is 0. The molecule has 0 atom stereocenters. The molecule has 0 spiro atoms. The Hall–Kier alpha value is -2.94. The molecule has 0 N–H and O–H groups in total. The lowest BCUT2D eigenvalue weighted by atomic mass is 10.3. The Bertz CT molecular complexity index is 600. The Kier molecular flexibility index (Phi) is 3.16. The van der Waals surface area contributed by atoms with Crippen molar-refractivity contribution in [3.63, 3.8) is 0 Å². The van der Waals surface area contributed by atoms with Crippen LogP contribution < -0.4 is 4.74 Å². The first-order chi connectivity index (χ1) is 8.69. The highest BCUT2D eigenvalue weighted by Gasteiger charge is 2.05. The van der Waals surface area contributed by atoms with Crippen molar-refractivity contribution >= 4 is 5.69 Å². The topological polar surface area (TPSA) is 89.0 Å². The molecule has 1 aromatic heterocycles. The molecule has 0 aliphatic heterocycles. The number of ether oxygens (including phenoxy) is 1. The van der Waals surface area contributed by atoms with E-state index >= 15 is 0 Å². The minimum Gasteiger partial charge on any atom is -0.456 e. The maximum atomic E-state index is 10.5. The Labute approximate surface area is 102 Å².